The van der Waals surface area contributed by atoms with Gasteiger partial charge in [0.2, 0.25) is 10.0 Å². The zero-order valence-electron chi connectivity index (χ0n) is 10.7. The van der Waals surface area contributed by atoms with E-state index >= 15 is 0 Å². The predicted molar refractivity (Wildman–Crippen MR) is 83.4 cm³/mol. The molecule has 0 aromatic heterocycles. The monoisotopic (exact) mass is 410 g/mol. The highest BCUT2D eigenvalue weighted by Crippen LogP contribution is 2.41. The number of nitrogens with two attached hydrogens (primary N) is 1. The zero-order chi connectivity index (χ0) is 14.4. The summed E-state index contributed by atoms with van der Waals surface area (Å²) in [5.74, 6) is 0.401. The van der Waals surface area contributed by atoms with Gasteiger partial charge in [0.15, 0.2) is 0 Å². The van der Waals surface area contributed by atoms with Crippen molar-refractivity contribution in [2.75, 3.05) is 5.73 Å². The molecule has 0 unspecified atom stereocenters. The van der Waals surface area contributed by atoms with Crippen LogP contribution in [0.3, 0.4) is 0 Å². The molecule has 1 aliphatic rings. The van der Waals surface area contributed by atoms with E-state index in [9.17, 15) is 8.42 Å². The van der Waals surface area contributed by atoms with Crippen LogP contribution in [-0.4, -0.2) is 14.0 Å². The molecule has 1 saturated carbocycles. The van der Waals surface area contributed by atoms with Gasteiger partial charge in [0, 0.05) is 14.5 Å². The summed E-state index contributed by atoms with van der Waals surface area (Å²) in [5.41, 5.74) is 5.62. The number of halogens is 2. The van der Waals surface area contributed by atoms with Crippen molar-refractivity contribution in [3.63, 3.8) is 0 Å². The molecule has 1 aliphatic carbocycles. The minimum absolute atomic E-state index is 0.101. The van der Waals surface area contributed by atoms with Gasteiger partial charge in [-0.05, 0) is 60.7 Å². The topological polar surface area (TPSA) is 72.2 Å². The number of sulfonamides is 1. The quantitative estimate of drug-likeness (QED) is 0.746. The van der Waals surface area contributed by atoms with Crippen molar-refractivity contribution in [1.82, 2.24) is 4.72 Å². The first-order valence-electron chi connectivity index (χ1n) is 5.92. The normalized spacial score (nSPS) is 16.6. The molecule has 0 saturated heterocycles. The Morgan fingerprint density at radius 3 is 2.37 bits per heavy atom. The lowest BCUT2D eigenvalue weighted by atomic mass is 10.0. The fraction of sp³-hybridized carbons (Fsp3) is 0.500. The Hall–Kier alpha value is -0.110. The highest BCUT2D eigenvalue weighted by atomic mass is 79.9. The molecule has 3 N–H and O–H groups in total. The fourth-order valence-corrected chi connectivity index (χ4v) is 5.69. The molecule has 0 bridgehead atoms. The first kappa shape index (κ1) is 15.3. The Bertz CT molecular complexity index is 587. The first-order valence-corrected chi connectivity index (χ1v) is 8.99. The Morgan fingerprint density at radius 1 is 1.32 bits per heavy atom. The van der Waals surface area contributed by atoms with Crippen molar-refractivity contribution in [3.8, 4) is 0 Å². The number of hydrogen-bond donors (Lipinski definition) is 2. The highest BCUT2D eigenvalue weighted by molar-refractivity contribution is 9.11. The SMILES string of the molecule is CC(C)(NS(=O)(=O)c1c(N)cc(Br)cc1Br)C1CC1. The molecule has 0 radical (unpaired) electrons. The third-order valence-electron chi connectivity index (χ3n) is 3.30. The number of nitrogen functional groups attached to an aromatic ring is 1. The maximum Gasteiger partial charge on any atom is 0.244 e. The highest BCUT2D eigenvalue weighted by Gasteiger charge is 2.41. The Morgan fingerprint density at radius 2 is 1.89 bits per heavy atom. The summed E-state index contributed by atoms with van der Waals surface area (Å²) >= 11 is 6.55. The summed E-state index contributed by atoms with van der Waals surface area (Å²) < 4.78 is 28.9. The van der Waals surface area contributed by atoms with Gasteiger partial charge in [0.25, 0.3) is 0 Å². The van der Waals surface area contributed by atoms with Crippen LogP contribution in [0.1, 0.15) is 26.7 Å². The average Bonchev–Trinajstić information content (AvgIpc) is 2.94. The van der Waals surface area contributed by atoms with Crippen molar-refractivity contribution >= 4 is 47.6 Å². The van der Waals surface area contributed by atoms with Gasteiger partial charge >= 0.3 is 0 Å². The molecule has 0 aliphatic heterocycles. The molecule has 1 aromatic rings. The van der Waals surface area contributed by atoms with Crippen LogP contribution in [-0.2, 0) is 10.0 Å². The maximum atomic E-state index is 12.5. The molecule has 0 heterocycles. The Balaban J connectivity index is 2.40. The lowest BCUT2D eigenvalue weighted by Crippen LogP contribution is -2.45. The molecule has 1 fully saturated rings. The lowest BCUT2D eigenvalue weighted by Gasteiger charge is -2.26. The number of hydrogen-bond acceptors (Lipinski definition) is 3. The van der Waals surface area contributed by atoms with Gasteiger partial charge in [-0.2, -0.15) is 0 Å². The molecule has 1 aromatic carbocycles. The van der Waals surface area contributed by atoms with Crippen LogP contribution in [0.25, 0.3) is 0 Å². The van der Waals surface area contributed by atoms with E-state index in [1.807, 2.05) is 13.8 Å². The van der Waals surface area contributed by atoms with Gasteiger partial charge in [-0.15, -0.1) is 0 Å². The van der Waals surface area contributed by atoms with E-state index in [4.69, 9.17) is 5.73 Å². The van der Waals surface area contributed by atoms with Gasteiger partial charge in [0.1, 0.15) is 4.90 Å². The minimum atomic E-state index is -3.64. The second-order valence-electron chi connectivity index (χ2n) is 5.41. The van der Waals surface area contributed by atoms with Crippen molar-refractivity contribution < 1.29 is 8.42 Å². The van der Waals surface area contributed by atoms with Crippen LogP contribution in [0.15, 0.2) is 26.0 Å². The second-order valence-corrected chi connectivity index (χ2v) is 8.80. The number of rotatable bonds is 4. The van der Waals surface area contributed by atoms with Crippen molar-refractivity contribution in [2.45, 2.75) is 37.1 Å². The smallest absolute Gasteiger partial charge is 0.244 e. The third kappa shape index (κ3) is 3.32. The molecular weight excluding hydrogens is 396 g/mol. The molecule has 7 heteroatoms. The average molecular weight is 412 g/mol. The van der Waals surface area contributed by atoms with E-state index in [2.05, 4.69) is 36.6 Å². The van der Waals surface area contributed by atoms with E-state index < -0.39 is 15.6 Å². The van der Waals surface area contributed by atoms with Crippen LogP contribution in [0.5, 0.6) is 0 Å². The summed E-state index contributed by atoms with van der Waals surface area (Å²) in [7, 11) is -3.64. The van der Waals surface area contributed by atoms with Crippen molar-refractivity contribution in [1.29, 1.82) is 0 Å². The number of nitrogens with one attached hydrogen (secondary N) is 1. The van der Waals surface area contributed by atoms with Crippen LogP contribution >= 0.6 is 31.9 Å². The zero-order valence-corrected chi connectivity index (χ0v) is 14.7. The number of anilines is 1. The third-order valence-corrected chi connectivity index (χ3v) is 6.43. The summed E-state index contributed by atoms with van der Waals surface area (Å²) in [6.07, 6.45) is 2.12. The number of benzene rings is 1. The summed E-state index contributed by atoms with van der Waals surface area (Å²) in [6, 6.07) is 3.26. The Kier molecular flexibility index (Phi) is 4.04. The van der Waals surface area contributed by atoms with Gasteiger partial charge in [-0.25, -0.2) is 13.1 Å². The maximum absolute atomic E-state index is 12.5. The summed E-state index contributed by atoms with van der Waals surface area (Å²) in [6.45, 7) is 3.82. The lowest BCUT2D eigenvalue weighted by molar-refractivity contribution is 0.400. The second kappa shape index (κ2) is 5.02. The van der Waals surface area contributed by atoms with Gasteiger partial charge in [-0.1, -0.05) is 15.9 Å². The Labute approximate surface area is 130 Å². The fourth-order valence-electron chi connectivity index (χ4n) is 2.15. The van der Waals surface area contributed by atoms with Crippen LogP contribution in [0, 0.1) is 5.92 Å². The van der Waals surface area contributed by atoms with Gasteiger partial charge < -0.3 is 5.73 Å². The predicted octanol–water partition coefficient (Wildman–Crippen LogP) is 3.26. The molecule has 0 spiro atoms. The van der Waals surface area contributed by atoms with Crippen LogP contribution < -0.4 is 10.5 Å². The molecule has 2 rings (SSSR count). The summed E-state index contributed by atoms with van der Waals surface area (Å²) in [5, 5.41) is 0. The molecule has 106 valence electrons. The van der Waals surface area contributed by atoms with E-state index in [0.717, 1.165) is 17.3 Å². The van der Waals surface area contributed by atoms with E-state index in [1.54, 1.807) is 12.1 Å². The standard InChI is InChI=1S/C12H16Br2N2O2S/c1-12(2,7-3-4-7)16-19(17,18)11-9(14)5-8(13)6-10(11)15/h5-7,16H,3-4,15H2,1-2H3. The molecular formula is C12H16Br2N2O2S. The first-order chi connectivity index (χ1) is 8.63. The molecule has 0 atom stereocenters. The van der Waals surface area contributed by atoms with E-state index in [1.165, 1.54) is 0 Å². The molecule has 4 nitrogen and oxygen atoms in total. The minimum Gasteiger partial charge on any atom is -0.398 e. The van der Waals surface area contributed by atoms with Crippen LogP contribution in [0.2, 0.25) is 0 Å². The van der Waals surface area contributed by atoms with Gasteiger partial charge in [0.05, 0.1) is 5.69 Å². The van der Waals surface area contributed by atoms with Gasteiger partial charge in [-0.3, -0.25) is 0 Å². The van der Waals surface area contributed by atoms with Crippen molar-refractivity contribution in [3.05, 3.63) is 21.1 Å². The van der Waals surface area contributed by atoms with Crippen LogP contribution in [0.4, 0.5) is 5.69 Å². The molecule has 0 amide bonds. The van der Waals surface area contributed by atoms with E-state index in [-0.39, 0.29) is 10.6 Å². The van der Waals surface area contributed by atoms with Crippen molar-refractivity contribution in [2.24, 2.45) is 5.92 Å². The molecule has 19 heavy (non-hydrogen) atoms. The van der Waals surface area contributed by atoms with E-state index in [0.29, 0.717) is 10.4 Å². The largest absolute Gasteiger partial charge is 0.398 e. The summed E-state index contributed by atoms with van der Waals surface area (Å²) in [4.78, 5) is 0.101.